The number of amides is 1. The zero-order chi connectivity index (χ0) is 11.2. The lowest BCUT2D eigenvalue weighted by molar-refractivity contribution is -0.126. The van der Waals surface area contributed by atoms with Gasteiger partial charge in [0.15, 0.2) is 0 Å². The quantitative estimate of drug-likeness (QED) is 0.593. The van der Waals surface area contributed by atoms with Crippen LogP contribution in [-0.4, -0.2) is 39.3 Å². The molecule has 0 atom stereocenters. The average Bonchev–Trinajstić information content (AvgIpc) is 1.98. The summed E-state index contributed by atoms with van der Waals surface area (Å²) in [7, 11) is -3.51. The molecule has 0 bridgehead atoms. The Balaban J connectivity index is 3.55. The van der Waals surface area contributed by atoms with Crippen molar-refractivity contribution in [3.63, 3.8) is 0 Å². The molecule has 0 saturated carbocycles. The van der Waals surface area contributed by atoms with Gasteiger partial charge in [0, 0.05) is 6.54 Å². The molecule has 0 heterocycles. The Labute approximate surface area is 83.9 Å². The number of primary sulfonamides is 1. The molecule has 7 heteroatoms. The summed E-state index contributed by atoms with van der Waals surface area (Å²) >= 11 is 0. The van der Waals surface area contributed by atoms with Crippen LogP contribution < -0.4 is 10.5 Å². The second-order valence-corrected chi connectivity index (χ2v) is 4.81. The molecule has 0 aromatic carbocycles. The first kappa shape index (κ1) is 13.3. The summed E-state index contributed by atoms with van der Waals surface area (Å²) in [5.41, 5.74) is 0. The number of hydrogen-bond acceptors (Lipinski definition) is 4. The van der Waals surface area contributed by atoms with E-state index in [0.717, 1.165) is 0 Å². The fourth-order valence-corrected chi connectivity index (χ4v) is 1.01. The van der Waals surface area contributed by atoms with Gasteiger partial charge in [-0.05, 0) is 13.8 Å². The summed E-state index contributed by atoms with van der Waals surface area (Å²) in [5.74, 6) is -0.609. The van der Waals surface area contributed by atoms with E-state index in [1.807, 2.05) is 0 Å². The average molecular weight is 224 g/mol. The van der Waals surface area contributed by atoms with Gasteiger partial charge in [0.2, 0.25) is 15.9 Å². The van der Waals surface area contributed by atoms with Gasteiger partial charge in [0.05, 0.1) is 11.9 Å². The van der Waals surface area contributed by atoms with Crippen molar-refractivity contribution in [3.8, 4) is 0 Å². The normalized spacial score (nSPS) is 11.7. The first-order valence-electron chi connectivity index (χ1n) is 4.20. The molecule has 0 rings (SSSR count). The minimum absolute atomic E-state index is 0.0130. The molecular weight excluding hydrogens is 208 g/mol. The predicted octanol–water partition coefficient (Wildman–Crippen LogP) is -1.18. The molecule has 6 nitrogen and oxygen atoms in total. The lowest BCUT2D eigenvalue weighted by Gasteiger charge is -2.07. The summed E-state index contributed by atoms with van der Waals surface area (Å²) < 4.78 is 25.9. The lowest BCUT2D eigenvalue weighted by Crippen LogP contribution is -2.34. The molecule has 0 fully saturated rings. The van der Waals surface area contributed by atoms with Gasteiger partial charge in [0.25, 0.3) is 0 Å². The van der Waals surface area contributed by atoms with Crippen molar-refractivity contribution in [2.45, 2.75) is 20.0 Å². The van der Waals surface area contributed by atoms with Gasteiger partial charge in [-0.3, -0.25) is 4.79 Å². The molecule has 0 aromatic rings. The number of nitrogens with two attached hydrogens (primary N) is 1. The zero-order valence-corrected chi connectivity index (χ0v) is 9.13. The van der Waals surface area contributed by atoms with E-state index in [-0.39, 0.29) is 30.9 Å². The van der Waals surface area contributed by atoms with Crippen molar-refractivity contribution < 1.29 is 17.9 Å². The Hall–Kier alpha value is -0.660. The Morgan fingerprint density at radius 3 is 2.50 bits per heavy atom. The number of sulfonamides is 1. The monoisotopic (exact) mass is 224 g/mol. The van der Waals surface area contributed by atoms with Crippen LogP contribution in [0.2, 0.25) is 0 Å². The van der Waals surface area contributed by atoms with Gasteiger partial charge in [-0.15, -0.1) is 0 Å². The Kier molecular flexibility index (Phi) is 5.66. The Morgan fingerprint density at radius 1 is 1.50 bits per heavy atom. The van der Waals surface area contributed by atoms with Crippen molar-refractivity contribution in [3.05, 3.63) is 0 Å². The molecule has 0 aliphatic carbocycles. The van der Waals surface area contributed by atoms with Crippen LogP contribution in [0.4, 0.5) is 0 Å². The number of carbonyl (C=O) groups excluding carboxylic acids is 1. The third kappa shape index (κ3) is 9.43. The molecule has 0 aromatic heterocycles. The molecule has 3 N–H and O–H groups in total. The van der Waals surface area contributed by atoms with Crippen molar-refractivity contribution in [1.29, 1.82) is 0 Å². The second kappa shape index (κ2) is 5.94. The van der Waals surface area contributed by atoms with Crippen LogP contribution in [-0.2, 0) is 19.6 Å². The number of ether oxygens (including phenoxy) is 1. The van der Waals surface area contributed by atoms with Gasteiger partial charge in [-0.25, -0.2) is 13.6 Å². The minimum Gasteiger partial charge on any atom is -0.369 e. The highest BCUT2D eigenvalue weighted by molar-refractivity contribution is 7.89. The van der Waals surface area contributed by atoms with E-state index < -0.39 is 10.0 Å². The summed E-state index contributed by atoms with van der Waals surface area (Å²) in [5, 5.41) is 7.10. The van der Waals surface area contributed by atoms with E-state index in [1.54, 1.807) is 13.8 Å². The number of carbonyl (C=O) groups is 1. The van der Waals surface area contributed by atoms with Gasteiger partial charge < -0.3 is 10.1 Å². The maximum atomic E-state index is 11.0. The zero-order valence-electron chi connectivity index (χ0n) is 8.32. The van der Waals surface area contributed by atoms with E-state index >= 15 is 0 Å². The second-order valence-electron chi connectivity index (χ2n) is 3.08. The van der Waals surface area contributed by atoms with Crippen LogP contribution in [0.1, 0.15) is 13.8 Å². The first-order valence-corrected chi connectivity index (χ1v) is 5.91. The van der Waals surface area contributed by atoms with E-state index in [2.05, 4.69) is 5.32 Å². The molecular formula is C7H16N2O4S. The highest BCUT2D eigenvalue weighted by atomic mass is 32.2. The van der Waals surface area contributed by atoms with Crippen LogP contribution >= 0.6 is 0 Å². The smallest absolute Gasteiger partial charge is 0.246 e. The Bertz CT molecular complexity index is 273. The van der Waals surface area contributed by atoms with Crippen LogP contribution in [0.5, 0.6) is 0 Å². The molecule has 0 aliphatic rings. The van der Waals surface area contributed by atoms with Crippen molar-refractivity contribution in [1.82, 2.24) is 5.32 Å². The summed E-state index contributed by atoms with van der Waals surface area (Å²) in [6, 6.07) is 0. The minimum atomic E-state index is -3.51. The topological polar surface area (TPSA) is 98.5 Å². The molecule has 0 radical (unpaired) electrons. The van der Waals surface area contributed by atoms with E-state index in [0.29, 0.717) is 0 Å². The van der Waals surface area contributed by atoms with Crippen molar-refractivity contribution >= 4 is 15.9 Å². The third-order valence-corrected chi connectivity index (χ3v) is 2.03. The van der Waals surface area contributed by atoms with Gasteiger partial charge in [0.1, 0.15) is 6.61 Å². The van der Waals surface area contributed by atoms with Crippen LogP contribution in [0.15, 0.2) is 0 Å². The fourth-order valence-electron chi connectivity index (χ4n) is 0.626. The number of rotatable bonds is 6. The molecule has 0 spiro atoms. The summed E-state index contributed by atoms with van der Waals surface area (Å²) in [6.45, 7) is 3.55. The maximum absolute atomic E-state index is 11.0. The van der Waals surface area contributed by atoms with Crippen LogP contribution in [0, 0.1) is 0 Å². The molecule has 0 unspecified atom stereocenters. The van der Waals surface area contributed by atoms with Crippen LogP contribution in [0.25, 0.3) is 0 Å². The molecule has 84 valence electrons. The highest BCUT2D eigenvalue weighted by Gasteiger charge is 2.05. The predicted molar refractivity (Wildman–Crippen MR) is 52.1 cm³/mol. The van der Waals surface area contributed by atoms with E-state index in [4.69, 9.17) is 9.88 Å². The van der Waals surface area contributed by atoms with Crippen molar-refractivity contribution in [2.75, 3.05) is 18.9 Å². The summed E-state index contributed by atoms with van der Waals surface area (Å²) in [4.78, 5) is 11.0. The van der Waals surface area contributed by atoms with E-state index in [9.17, 15) is 13.2 Å². The molecule has 14 heavy (non-hydrogen) atoms. The highest BCUT2D eigenvalue weighted by Crippen LogP contribution is 1.86. The molecule has 0 saturated heterocycles. The van der Waals surface area contributed by atoms with Gasteiger partial charge in [-0.2, -0.15) is 0 Å². The molecule has 1 amide bonds. The maximum Gasteiger partial charge on any atom is 0.246 e. The molecule has 0 aliphatic heterocycles. The largest absolute Gasteiger partial charge is 0.369 e. The SMILES string of the molecule is CC(C)OCC(=O)NCCS(N)(=O)=O. The summed E-state index contributed by atoms with van der Waals surface area (Å²) in [6.07, 6.45) is -0.0287. The fraction of sp³-hybridized carbons (Fsp3) is 0.857. The number of nitrogens with one attached hydrogen (secondary N) is 1. The van der Waals surface area contributed by atoms with E-state index in [1.165, 1.54) is 0 Å². The van der Waals surface area contributed by atoms with Gasteiger partial charge in [-0.1, -0.05) is 0 Å². The third-order valence-electron chi connectivity index (χ3n) is 1.26. The van der Waals surface area contributed by atoms with Crippen molar-refractivity contribution in [2.24, 2.45) is 5.14 Å². The van der Waals surface area contributed by atoms with Gasteiger partial charge >= 0.3 is 0 Å². The Morgan fingerprint density at radius 2 is 2.07 bits per heavy atom. The first-order chi connectivity index (χ1) is 6.31. The lowest BCUT2D eigenvalue weighted by atomic mass is 10.5. The standard InChI is InChI=1S/C7H16N2O4S/c1-6(2)13-5-7(10)9-3-4-14(8,11)12/h6H,3-5H2,1-2H3,(H,9,10)(H2,8,11,12). The van der Waals surface area contributed by atoms with Crippen LogP contribution in [0.3, 0.4) is 0 Å². The number of hydrogen-bond donors (Lipinski definition) is 2.